The summed E-state index contributed by atoms with van der Waals surface area (Å²) in [5.74, 6) is 0.964. The molecule has 28 heavy (non-hydrogen) atoms. The summed E-state index contributed by atoms with van der Waals surface area (Å²) >= 11 is 1.61. The summed E-state index contributed by atoms with van der Waals surface area (Å²) in [6.07, 6.45) is 8.63. The van der Waals surface area contributed by atoms with Crippen LogP contribution in [0.4, 0.5) is 9.52 Å². The van der Waals surface area contributed by atoms with E-state index < -0.39 is 0 Å². The van der Waals surface area contributed by atoms with Crippen molar-refractivity contribution < 1.29 is 9.13 Å². The number of allylic oxidation sites excluding steroid dienone is 2. The van der Waals surface area contributed by atoms with E-state index in [1.165, 1.54) is 30.7 Å². The summed E-state index contributed by atoms with van der Waals surface area (Å²) in [7, 11) is 0. The molecule has 0 fully saturated rings. The number of thiazole rings is 1. The first-order chi connectivity index (χ1) is 13.7. The molecule has 1 N–H and O–H groups in total. The highest BCUT2D eigenvalue weighted by Crippen LogP contribution is 2.34. The molecule has 2 heterocycles. The molecular weight excluding hydrogens is 373 g/mol. The number of nitrogens with one attached hydrogen (secondary N) is 1. The van der Waals surface area contributed by atoms with E-state index in [0.29, 0.717) is 22.4 Å². The lowest BCUT2D eigenvalue weighted by atomic mass is 10.1. The maximum Gasteiger partial charge on any atom is 0.188 e. The number of aromatic nitrogens is 2. The van der Waals surface area contributed by atoms with Crippen molar-refractivity contribution in [3.63, 3.8) is 0 Å². The molecule has 0 unspecified atom stereocenters. The number of anilines is 1. The molecular formula is C22H18FN3OS. The number of hydrogen-bond donors (Lipinski definition) is 1. The molecule has 0 atom stereocenters. The van der Waals surface area contributed by atoms with E-state index >= 15 is 0 Å². The van der Waals surface area contributed by atoms with Crippen LogP contribution in [-0.4, -0.2) is 9.97 Å². The van der Waals surface area contributed by atoms with Gasteiger partial charge < -0.3 is 10.1 Å². The number of ether oxygens (including phenoxy) is 1. The Morgan fingerprint density at radius 1 is 1.04 bits per heavy atom. The third kappa shape index (κ3) is 3.43. The van der Waals surface area contributed by atoms with Crippen molar-refractivity contribution in [2.75, 3.05) is 5.32 Å². The maximum absolute atomic E-state index is 13.7. The summed E-state index contributed by atoms with van der Waals surface area (Å²) in [4.78, 5) is 8.93. The van der Waals surface area contributed by atoms with Crippen molar-refractivity contribution in [1.82, 2.24) is 9.97 Å². The summed E-state index contributed by atoms with van der Waals surface area (Å²) in [6.45, 7) is 0. The minimum Gasteiger partial charge on any atom is -0.457 e. The summed E-state index contributed by atoms with van der Waals surface area (Å²) < 4.78 is 20.8. The Kier molecular flexibility index (Phi) is 4.41. The highest BCUT2D eigenvalue weighted by Gasteiger charge is 2.10. The number of fused-ring (bicyclic) bond motifs is 2. The molecule has 0 saturated heterocycles. The van der Waals surface area contributed by atoms with Gasteiger partial charge >= 0.3 is 0 Å². The number of pyridine rings is 1. The van der Waals surface area contributed by atoms with Gasteiger partial charge in [0.15, 0.2) is 5.13 Å². The first-order valence-corrected chi connectivity index (χ1v) is 10.1. The fourth-order valence-electron chi connectivity index (χ4n) is 3.42. The first kappa shape index (κ1) is 17.1. The third-order valence-corrected chi connectivity index (χ3v) is 5.74. The molecule has 0 aliphatic heterocycles. The second-order valence-corrected chi connectivity index (χ2v) is 7.85. The Bertz CT molecular complexity index is 1200. The molecule has 5 rings (SSSR count). The molecule has 4 nitrogen and oxygen atoms in total. The largest absolute Gasteiger partial charge is 0.457 e. The molecule has 2 aromatic heterocycles. The standard InChI is InChI=1S/C22H18FN3OS/c23-14-6-8-18-17(12-14)20(10-11-24-18)27-16-7-9-19-21(13-16)28-22(26-19)25-15-4-2-1-3-5-15/h4,6-13H,1-3,5H2,(H,25,26). The molecule has 2 aromatic carbocycles. The van der Waals surface area contributed by atoms with Crippen molar-refractivity contribution >= 4 is 37.6 Å². The van der Waals surface area contributed by atoms with Crippen LogP contribution in [0.15, 0.2) is 60.4 Å². The monoisotopic (exact) mass is 391 g/mol. The Morgan fingerprint density at radius 3 is 2.86 bits per heavy atom. The fourth-order valence-corrected chi connectivity index (χ4v) is 4.35. The normalized spacial score (nSPS) is 14.2. The van der Waals surface area contributed by atoms with Crippen LogP contribution in [0.3, 0.4) is 0 Å². The van der Waals surface area contributed by atoms with Gasteiger partial charge in [-0.25, -0.2) is 9.37 Å². The van der Waals surface area contributed by atoms with E-state index in [-0.39, 0.29) is 5.82 Å². The maximum atomic E-state index is 13.7. The zero-order valence-corrected chi connectivity index (χ0v) is 15.9. The van der Waals surface area contributed by atoms with Crippen LogP contribution < -0.4 is 10.1 Å². The number of nitrogens with zero attached hydrogens (tertiary/aromatic N) is 2. The highest BCUT2D eigenvalue weighted by molar-refractivity contribution is 7.22. The molecule has 4 aromatic rings. The zero-order chi connectivity index (χ0) is 18.9. The lowest BCUT2D eigenvalue weighted by Gasteiger charge is -2.12. The van der Waals surface area contributed by atoms with Gasteiger partial charge in [-0.15, -0.1) is 0 Å². The topological polar surface area (TPSA) is 47.0 Å². The quantitative estimate of drug-likeness (QED) is 0.423. The van der Waals surface area contributed by atoms with Crippen LogP contribution in [0.5, 0.6) is 11.5 Å². The van der Waals surface area contributed by atoms with Gasteiger partial charge in [-0.2, -0.15) is 0 Å². The van der Waals surface area contributed by atoms with Crippen LogP contribution in [0.2, 0.25) is 0 Å². The molecule has 6 heteroatoms. The number of rotatable bonds is 4. The Labute approximate surface area is 165 Å². The smallest absolute Gasteiger partial charge is 0.188 e. The lowest BCUT2D eigenvalue weighted by Crippen LogP contribution is -2.02. The van der Waals surface area contributed by atoms with Gasteiger partial charge in [-0.05, 0) is 62.1 Å². The second kappa shape index (κ2) is 7.20. The van der Waals surface area contributed by atoms with E-state index in [4.69, 9.17) is 4.74 Å². The zero-order valence-electron chi connectivity index (χ0n) is 15.1. The van der Waals surface area contributed by atoms with Crippen LogP contribution in [-0.2, 0) is 0 Å². The van der Waals surface area contributed by atoms with Gasteiger partial charge in [0.1, 0.15) is 17.3 Å². The van der Waals surface area contributed by atoms with Crippen LogP contribution in [0.1, 0.15) is 25.7 Å². The van der Waals surface area contributed by atoms with Crippen LogP contribution >= 0.6 is 11.3 Å². The SMILES string of the molecule is Fc1ccc2nccc(Oc3ccc4nc(NC5=CCCCC5)sc4c3)c2c1. The predicted molar refractivity (Wildman–Crippen MR) is 112 cm³/mol. The average Bonchev–Trinajstić information content (AvgIpc) is 3.11. The molecule has 1 aliphatic rings. The van der Waals surface area contributed by atoms with E-state index in [2.05, 4.69) is 21.4 Å². The van der Waals surface area contributed by atoms with Gasteiger partial charge in [0.25, 0.3) is 0 Å². The van der Waals surface area contributed by atoms with Crippen LogP contribution in [0, 0.1) is 5.82 Å². The molecule has 0 bridgehead atoms. The predicted octanol–water partition coefficient (Wildman–Crippen LogP) is 6.65. The molecule has 0 spiro atoms. The minimum atomic E-state index is -0.309. The number of hydrogen-bond acceptors (Lipinski definition) is 5. The van der Waals surface area contributed by atoms with Crippen molar-refractivity contribution in [3.05, 3.63) is 66.3 Å². The second-order valence-electron chi connectivity index (χ2n) is 6.82. The summed E-state index contributed by atoms with van der Waals surface area (Å²) in [5.41, 5.74) is 2.89. The Morgan fingerprint density at radius 2 is 1.96 bits per heavy atom. The molecule has 0 saturated carbocycles. The average molecular weight is 391 g/mol. The van der Waals surface area contributed by atoms with E-state index in [1.54, 1.807) is 29.7 Å². The van der Waals surface area contributed by atoms with Gasteiger partial charge in [0.2, 0.25) is 0 Å². The van der Waals surface area contributed by atoms with Gasteiger partial charge in [-0.1, -0.05) is 17.4 Å². The van der Waals surface area contributed by atoms with E-state index in [0.717, 1.165) is 28.2 Å². The van der Waals surface area contributed by atoms with Crippen molar-refractivity contribution in [3.8, 4) is 11.5 Å². The van der Waals surface area contributed by atoms with E-state index in [9.17, 15) is 4.39 Å². The highest BCUT2D eigenvalue weighted by atomic mass is 32.1. The molecule has 0 amide bonds. The van der Waals surface area contributed by atoms with E-state index in [1.807, 2.05) is 18.2 Å². The number of benzene rings is 2. The van der Waals surface area contributed by atoms with Crippen molar-refractivity contribution in [1.29, 1.82) is 0 Å². The molecule has 1 aliphatic carbocycles. The summed E-state index contributed by atoms with van der Waals surface area (Å²) in [5, 5.41) is 5.00. The fraction of sp³-hybridized carbons (Fsp3) is 0.182. The Hall–Kier alpha value is -2.99. The number of halogens is 1. The molecule has 140 valence electrons. The van der Waals surface area contributed by atoms with Crippen molar-refractivity contribution in [2.24, 2.45) is 0 Å². The minimum absolute atomic E-state index is 0.309. The van der Waals surface area contributed by atoms with Gasteiger partial charge in [0, 0.05) is 23.3 Å². The van der Waals surface area contributed by atoms with Crippen LogP contribution in [0.25, 0.3) is 21.1 Å². The molecule has 0 radical (unpaired) electrons. The lowest BCUT2D eigenvalue weighted by molar-refractivity contribution is 0.488. The third-order valence-electron chi connectivity index (χ3n) is 4.81. The summed E-state index contributed by atoms with van der Waals surface area (Å²) in [6, 6.07) is 12.1. The Balaban J connectivity index is 1.44. The first-order valence-electron chi connectivity index (χ1n) is 9.33. The van der Waals surface area contributed by atoms with Gasteiger partial charge in [-0.3, -0.25) is 4.98 Å². The van der Waals surface area contributed by atoms with Crippen molar-refractivity contribution in [2.45, 2.75) is 25.7 Å². The van der Waals surface area contributed by atoms with Gasteiger partial charge in [0.05, 0.1) is 15.7 Å².